The number of rotatable bonds is 3. The van der Waals surface area contributed by atoms with Gasteiger partial charge in [-0.1, -0.05) is 35.3 Å². The number of nitrogens with one attached hydrogen (secondary N) is 1. The zero-order valence-electron chi connectivity index (χ0n) is 9.28. The Morgan fingerprint density at radius 3 is 2.44 bits per heavy atom. The molecule has 0 unspecified atom stereocenters. The molecule has 0 atom stereocenters. The molecule has 0 saturated carbocycles. The van der Waals surface area contributed by atoms with Crippen LogP contribution in [0.25, 0.3) is 0 Å². The van der Waals surface area contributed by atoms with Gasteiger partial charge in [0.1, 0.15) is 17.3 Å². The minimum absolute atomic E-state index is 0.0503. The maximum atomic E-state index is 7.47. The van der Waals surface area contributed by atoms with Gasteiger partial charge in [0.05, 0.1) is 15.6 Å². The summed E-state index contributed by atoms with van der Waals surface area (Å²) in [5.41, 5.74) is 6.01. The summed E-state index contributed by atoms with van der Waals surface area (Å²) in [5.74, 6) is 0.993. The Bertz CT molecular complexity index is 599. The molecular formula is C13H10Cl2N2O. The molecule has 0 aromatic heterocycles. The van der Waals surface area contributed by atoms with Gasteiger partial charge < -0.3 is 10.5 Å². The van der Waals surface area contributed by atoms with Crippen LogP contribution in [0.15, 0.2) is 42.5 Å². The number of ether oxygens (including phenoxy) is 1. The molecule has 92 valence electrons. The Labute approximate surface area is 115 Å². The quantitative estimate of drug-likeness (QED) is 0.658. The molecule has 0 aliphatic heterocycles. The van der Waals surface area contributed by atoms with Crippen LogP contribution in [-0.4, -0.2) is 5.84 Å². The highest BCUT2D eigenvalue weighted by Crippen LogP contribution is 2.30. The lowest BCUT2D eigenvalue weighted by Crippen LogP contribution is -2.12. The van der Waals surface area contributed by atoms with E-state index in [4.69, 9.17) is 39.1 Å². The second kappa shape index (κ2) is 5.29. The van der Waals surface area contributed by atoms with E-state index in [2.05, 4.69) is 0 Å². The number of para-hydroxylation sites is 1. The molecule has 18 heavy (non-hydrogen) atoms. The maximum Gasteiger partial charge on any atom is 0.138 e. The van der Waals surface area contributed by atoms with E-state index < -0.39 is 0 Å². The molecule has 0 spiro atoms. The van der Waals surface area contributed by atoms with Gasteiger partial charge in [-0.3, -0.25) is 5.41 Å². The van der Waals surface area contributed by atoms with Crippen LogP contribution in [0.4, 0.5) is 0 Å². The van der Waals surface area contributed by atoms with Crippen molar-refractivity contribution in [3.63, 3.8) is 0 Å². The standard InChI is InChI=1S/C13H10Cl2N2O/c14-10-6-5-8(7-11(10)15)18-12-4-2-1-3-9(12)13(16)17/h1-7H,(H3,16,17). The van der Waals surface area contributed by atoms with Gasteiger partial charge in [-0.15, -0.1) is 0 Å². The van der Waals surface area contributed by atoms with E-state index in [-0.39, 0.29) is 5.84 Å². The van der Waals surface area contributed by atoms with Gasteiger partial charge in [-0.05, 0) is 24.3 Å². The van der Waals surface area contributed by atoms with Gasteiger partial charge >= 0.3 is 0 Å². The molecule has 0 bridgehead atoms. The van der Waals surface area contributed by atoms with Crippen molar-refractivity contribution in [1.29, 1.82) is 5.41 Å². The lowest BCUT2D eigenvalue weighted by atomic mass is 10.2. The number of nitrogen functional groups attached to an aromatic ring is 1. The van der Waals surface area contributed by atoms with Gasteiger partial charge in [0.2, 0.25) is 0 Å². The van der Waals surface area contributed by atoms with E-state index in [1.807, 2.05) is 0 Å². The van der Waals surface area contributed by atoms with Crippen molar-refractivity contribution >= 4 is 29.0 Å². The Morgan fingerprint density at radius 1 is 1.06 bits per heavy atom. The van der Waals surface area contributed by atoms with E-state index in [1.165, 1.54) is 0 Å². The summed E-state index contributed by atoms with van der Waals surface area (Å²) in [5, 5.41) is 8.34. The largest absolute Gasteiger partial charge is 0.457 e. The number of hydrogen-bond acceptors (Lipinski definition) is 2. The number of benzene rings is 2. The molecule has 3 nitrogen and oxygen atoms in total. The van der Waals surface area contributed by atoms with Crippen LogP contribution in [-0.2, 0) is 0 Å². The first-order chi connectivity index (χ1) is 8.58. The highest BCUT2D eigenvalue weighted by Gasteiger charge is 2.07. The average Bonchev–Trinajstić information content (AvgIpc) is 2.34. The third-order valence-corrected chi connectivity index (χ3v) is 3.04. The summed E-state index contributed by atoms with van der Waals surface area (Å²) < 4.78 is 5.64. The monoisotopic (exact) mass is 280 g/mol. The van der Waals surface area contributed by atoms with Gasteiger partial charge in [-0.2, -0.15) is 0 Å². The summed E-state index contributed by atoms with van der Waals surface area (Å²) >= 11 is 11.7. The molecular weight excluding hydrogens is 271 g/mol. The van der Waals surface area contributed by atoms with E-state index in [1.54, 1.807) is 42.5 Å². The smallest absolute Gasteiger partial charge is 0.138 e. The van der Waals surface area contributed by atoms with Crippen molar-refractivity contribution in [3.05, 3.63) is 58.1 Å². The summed E-state index contributed by atoms with van der Waals surface area (Å²) in [6.45, 7) is 0. The topological polar surface area (TPSA) is 59.1 Å². The third kappa shape index (κ3) is 2.75. The van der Waals surface area contributed by atoms with Crippen molar-refractivity contribution in [1.82, 2.24) is 0 Å². The predicted molar refractivity (Wildman–Crippen MR) is 74.0 cm³/mol. The van der Waals surface area contributed by atoms with Crippen LogP contribution >= 0.6 is 23.2 Å². The summed E-state index contributed by atoms with van der Waals surface area (Å²) in [6, 6.07) is 12.0. The zero-order valence-corrected chi connectivity index (χ0v) is 10.8. The van der Waals surface area contributed by atoms with Gasteiger partial charge in [-0.25, -0.2) is 0 Å². The van der Waals surface area contributed by atoms with E-state index in [0.717, 1.165) is 0 Å². The molecule has 0 aliphatic rings. The number of halogens is 2. The molecule has 5 heteroatoms. The number of nitrogens with two attached hydrogens (primary N) is 1. The van der Waals surface area contributed by atoms with Crippen LogP contribution in [0.5, 0.6) is 11.5 Å². The maximum absolute atomic E-state index is 7.47. The molecule has 2 aromatic carbocycles. The van der Waals surface area contributed by atoms with E-state index >= 15 is 0 Å². The second-order valence-electron chi connectivity index (χ2n) is 3.59. The molecule has 0 amide bonds. The van der Waals surface area contributed by atoms with Crippen LogP contribution in [0.2, 0.25) is 10.0 Å². The fourth-order valence-corrected chi connectivity index (χ4v) is 1.73. The fourth-order valence-electron chi connectivity index (χ4n) is 1.45. The molecule has 0 saturated heterocycles. The minimum Gasteiger partial charge on any atom is -0.457 e. The number of amidine groups is 1. The molecule has 0 heterocycles. The first kappa shape index (κ1) is 12.7. The fraction of sp³-hybridized carbons (Fsp3) is 0. The molecule has 0 radical (unpaired) electrons. The third-order valence-electron chi connectivity index (χ3n) is 2.30. The van der Waals surface area contributed by atoms with Crippen LogP contribution < -0.4 is 10.5 Å². The zero-order chi connectivity index (χ0) is 13.1. The Balaban J connectivity index is 2.34. The van der Waals surface area contributed by atoms with Crippen molar-refractivity contribution in [2.45, 2.75) is 0 Å². The van der Waals surface area contributed by atoms with Gasteiger partial charge in [0.15, 0.2) is 0 Å². The molecule has 2 rings (SSSR count). The molecule has 3 N–H and O–H groups in total. The first-order valence-corrected chi connectivity index (χ1v) is 5.90. The average molecular weight is 281 g/mol. The summed E-state index contributed by atoms with van der Waals surface area (Å²) in [6.07, 6.45) is 0. The second-order valence-corrected chi connectivity index (χ2v) is 4.40. The summed E-state index contributed by atoms with van der Waals surface area (Å²) in [7, 11) is 0. The van der Waals surface area contributed by atoms with E-state index in [0.29, 0.717) is 27.1 Å². The van der Waals surface area contributed by atoms with Gasteiger partial charge in [0, 0.05) is 6.07 Å². The predicted octanol–water partition coefficient (Wildman–Crippen LogP) is 4.07. The van der Waals surface area contributed by atoms with Crippen molar-refractivity contribution < 1.29 is 4.74 Å². The Hall–Kier alpha value is -1.71. The Morgan fingerprint density at radius 2 is 1.78 bits per heavy atom. The minimum atomic E-state index is -0.0503. The van der Waals surface area contributed by atoms with E-state index in [9.17, 15) is 0 Å². The van der Waals surface area contributed by atoms with Crippen LogP contribution in [0.1, 0.15) is 5.56 Å². The normalized spacial score (nSPS) is 10.1. The number of hydrogen-bond donors (Lipinski definition) is 2. The lowest BCUT2D eigenvalue weighted by molar-refractivity contribution is 0.481. The van der Waals surface area contributed by atoms with Crippen LogP contribution in [0.3, 0.4) is 0 Å². The molecule has 0 fully saturated rings. The van der Waals surface area contributed by atoms with Gasteiger partial charge in [0.25, 0.3) is 0 Å². The van der Waals surface area contributed by atoms with Crippen molar-refractivity contribution in [3.8, 4) is 11.5 Å². The lowest BCUT2D eigenvalue weighted by Gasteiger charge is -2.10. The SMILES string of the molecule is N=C(N)c1ccccc1Oc1ccc(Cl)c(Cl)c1. The molecule has 2 aromatic rings. The summed E-state index contributed by atoms with van der Waals surface area (Å²) in [4.78, 5) is 0. The highest BCUT2D eigenvalue weighted by molar-refractivity contribution is 6.42. The van der Waals surface area contributed by atoms with Crippen LogP contribution in [0, 0.1) is 5.41 Å². The Kier molecular flexibility index (Phi) is 3.75. The highest BCUT2D eigenvalue weighted by atomic mass is 35.5. The van der Waals surface area contributed by atoms with Crippen molar-refractivity contribution in [2.24, 2.45) is 5.73 Å². The molecule has 0 aliphatic carbocycles. The first-order valence-electron chi connectivity index (χ1n) is 5.14. The van der Waals surface area contributed by atoms with Crippen molar-refractivity contribution in [2.75, 3.05) is 0 Å².